The summed E-state index contributed by atoms with van der Waals surface area (Å²) >= 11 is 0. The zero-order valence-corrected chi connectivity index (χ0v) is 19.0. The molecule has 3 aromatic rings. The van der Waals surface area contributed by atoms with Gasteiger partial charge in [0, 0.05) is 24.3 Å². The lowest BCUT2D eigenvalue weighted by Crippen LogP contribution is -2.20. The number of aryl methyl sites for hydroxylation is 1. The van der Waals surface area contributed by atoms with E-state index in [1.54, 1.807) is 0 Å². The zero-order chi connectivity index (χ0) is 22.5. The summed E-state index contributed by atoms with van der Waals surface area (Å²) in [5.74, 6) is 1.84. The molecule has 1 aliphatic heterocycles. The first-order valence-electron chi connectivity index (χ1n) is 11.2. The van der Waals surface area contributed by atoms with Crippen molar-refractivity contribution < 1.29 is 9.53 Å². The molecule has 32 heavy (non-hydrogen) atoms. The fourth-order valence-electron chi connectivity index (χ4n) is 3.90. The monoisotopic (exact) mass is 430 g/mol. The minimum absolute atomic E-state index is 0.0334. The lowest BCUT2D eigenvalue weighted by atomic mass is 10.0. The Hall–Kier alpha value is -3.41. The molecule has 1 fully saturated rings. The highest BCUT2D eigenvalue weighted by atomic mass is 16.5. The van der Waals surface area contributed by atoms with Crippen LogP contribution < -0.4 is 15.0 Å². The van der Waals surface area contributed by atoms with E-state index in [4.69, 9.17) is 4.74 Å². The Labute approximate surface area is 189 Å². The van der Waals surface area contributed by atoms with Gasteiger partial charge in [-0.15, -0.1) is 10.2 Å². The maximum absolute atomic E-state index is 12.4. The van der Waals surface area contributed by atoms with E-state index in [0.717, 1.165) is 52.7 Å². The van der Waals surface area contributed by atoms with Gasteiger partial charge in [0.2, 0.25) is 0 Å². The van der Waals surface area contributed by atoms with Crippen LogP contribution in [0.2, 0.25) is 0 Å². The lowest BCUT2D eigenvalue weighted by molar-refractivity contribution is -0.118. The molecule has 0 saturated carbocycles. The highest BCUT2D eigenvalue weighted by Crippen LogP contribution is 2.27. The van der Waals surface area contributed by atoms with Gasteiger partial charge in [-0.3, -0.25) is 4.79 Å². The average Bonchev–Trinajstić information content (AvgIpc) is 3.33. The van der Waals surface area contributed by atoms with Crippen LogP contribution in [0.1, 0.15) is 43.7 Å². The molecule has 1 saturated heterocycles. The number of hydrogen-bond donors (Lipinski definition) is 1. The van der Waals surface area contributed by atoms with Crippen molar-refractivity contribution in [1.82, 2.24) is 10.2 Å². The van der Waals surface area contributed by atoms with Crippen molar-refractivity contribution in [3.05, 3.63) is 65.7 Å². The van der Waals surface area contributed by atoms with Gasteiger partial charge in [-0.25, -0.2) is 0 Å². The summed E-state index contributed by atoms with van der Waals surface area (Å²) < 4.78 is 5.83. The number of carbonyl (C=O) groups is 1. The predicted octanol–water partition coefficient (Wildman–Crippen LogP) is 5.19. The van der Waals surface area contributed by atoms with Gasteiger partial charge in [0.1, 0.15) is 5.75 Å². The van der Waals surface area contributed by atoms with Gasteiger partial charge in [-0.1, -0.05) is 38.1 Å². The van der Waals surface area contributed by atoms with Crippen LogP contribution in [0.15, 0.2) is 54.6 Å². The summed E-state index contributed by atoms with van der Waals surface area (Å²) in [5.41, 5.74) is 4.70. The highest BCUT2D eigenvalue weighted by Gasteiger charge is 2.14. The Morgan fingerprint density at radius 2 is 1.78 bits per heavy atom. The highest BCUT2D eigenvalue weighted by molar-refractivity contribution is 5.92. The molecule has 4 rings (SSSR count). The Bertz CT molecular complexity index is 1060. The first-order chi connectivity index (χ1) is 15.5. The molecule has 0 unspecified atom stereocenters. The molecule has 6 nitrogen and oxygen atoms in total. The Kier molecular flexibility index (Phi) is 6.69. The molecule has 0 spiro atoms. The number of hydrogen-bond acceptors (Lipinski definition) is 5. The van der Waals surface area contributed by atoms with Gasteiger partial charge in [-0.05, 0) is 67.1 Å². The largest absolute Gasteiger partial charge is 0.483 e. The van der Waals surface area contributed by atoms with Gasteiger partial charge in [0.05, 0.1) is 5.69 Å². The number of benzene rings is 2. The minimum Gasteiger partial charge on any atom is -0.483 e. The van der Waals surface area contributed by atoms with Crippen LogP contribution in [0.3, 0.4) is 0 Å². The SMILES string of the molecule is Cc1ccc(C(C)C)c(OCC(=O)Nc2ccc(-c3ccc(N4CCCC4)nn3)cc2)c1. The quantitative estimate of drug-likeness (QED) is 0.558. The van der Waals surface area contributed by atoms with Crippen LogP contribution in [0.4, 0.5) is 11.5 Å². The molecule has 2 aromatic carbocycles. The third-order valence-corrected chi connectivity index (χ3v) is 5.69. The number of rotatable bonds is 7. The van der Waals surface area contributed by atoms with E-state index >= 15 is 0 Å². The van der Waals surface area contributed by atoms with Crippen LogP contribution >= 0.6 is 0 Å². The zero-order valence-electron chi connectivity index (χ0n) is 19.0. The van der Waals surface area contributed by atoms with E-state index in [2.05, 4.69) is 46.4 Å². The van der Waals surface area contributed by atoms with E-state index < -0.39 is 0 Å². The third-order valence-electron chi connectivity index (χ3n) is 5.69. The maximum atomic E-state index is 12.4. The molecular weight excluding hydrogens is 400 g/mol. The third kappa shape index (κ3) is 5.25. The van der Waals surface area contributed by atoms with Crippen LogP contribution in [0, 0.1) is 6.92 Å². The van der Waals surface area contributed by atoms with Crippen molar-refractivity contribution in [2.24, 2.45) is 0 Å². The lowest BCUT2D eigenvalue weighted by Gasteiger charge is -2.15. The fourth-order valence-corrected chi connectivity index (χ4v) is 3.90. The molecule has 0 bridgehead atoms. The number of anilines is 2. The minimum atomic E-state index is -0.191. The van der Waals surface area contributed by atoms with Gasteiger partial charge >= 0.3 is 0 Å². The molecular formula is C26H30N4O2. The summed E-state index contributed by atoms with van der Waals surface area (Å²) in [6.07, 6.45) is 2.43. The molecule has 0 atom stereocenters. The summed E-state index contributed by atoms with van der Waals surface area (Å²) in [5, 5.41) is 11.6. The fraction of sp³-hybridized carbons (Fsp3) is 0.346. The topological polar surface area (TPSA) is 67.3 Å². The molecule has 2 heterocycles. The van der Waals surface area contributed by atoms with E-state index in [0.29, 0.717) is 5.92 Å². The molecule has 0 aliphatic carbocycles. The summed E-state index contributed by atoms with van der Waals surface area (Å²) in [7, 11) is 0. The summed E-state index contributed by atoms with van der Waals surface area (Å²) in [6.45, 7) is 8.31. The number of nitrogens with zero attached hydrogens (tertiary/aromatic N) is 3. The van der Waals surface area contributed by atoms with Crippen molar-refractivity contribution in [3.63, 3.8) is 0 Å². The van der Waals surface area contributed by atoms with Gasteiger partial charge in [-0.2, -0.15) is 0 Å². The average molecular weight is 431 g/mol. The smallest absolute Gasteiger partial charge is 0.262 e. The number of nitrogens with one attached hydrogen (secondary N) is 1. The number of ether oxygens (including phenoxy) is 1. The van der Waals surface area contributed by atoms with E-state index in [-0.39, 0.29) is 12.5 Å². The van der Waals surface area contributed by atoms with E-state index in [9.17, 15) is 4.79 Å². The summed E-state index contributed by atoms with van der Waals surface area (Å²) in [6, 6.07) is 17.7. The second kappa shape index (κ2) is 9.81. The van der Waals surface area contributed by atoms with Gasteiger partial charge < -0.3 is 15.0 Å². The molecule has 6 heteroatoms. The Morgan fingerprint density at radius 3 is 2.44 bits per heavy atom. The van der Waals surface area contributed by atoms with E-state index in [1.807, 2.05) is 49.4 Å². The molecule has 0 radical (unpaired) electrons. The second-order valence-corrected chi connectivity index (χ2v) is 8.58. The first kappa shape index (κ1) is 21.8. The van der Waals surface area contributed by atoms with Crippen LogP contribution in [-0.2, 0) is 4.79 Å². The van der Waals surface area contributed by atoms with Crippen molar-refractivity contribution in [3.8, 4) is 17.0 Å². The van der Waals surface area contributed by atoms with E-state index in [1.165, 1.54) is 12.8 Å². The standard InChI is InChI=1S/C26H30N4O2/c1-18(2)22-11-6-19(3)16-24(22)32-17-26(31)27-21-9-7-20(8-10-21)23-12-13-25(29-28-23)30-14-4-5-15-30/h6-13,16,18H,4-5,14-15,17H2,1-3H3,(H,27,31). The van der Waals surface area contributed by atoms with Gasteiger partial charge in [0.15, 0.2) is 12.4 Å². The van der Waals surface area contributed by atoms with Crippen molar-refractivity contribution >= 4 is 17.4 Å². The van der Waals surface area contributed by atoms with Crippen LogP contribution in [0.25, 0.3) is 11.3 Å². The second-order valence-electron chi connectivity index (χ2n) is 8.58. The Balaban J connectivity index is 1.34. The van der Waals surface area contributed by atoms with Crippen molar-refractivity contribution in [1.29, 1.82) is 0 Å². The number of carbonyl (C=O) groups excluding carboxylic acids is 1. The van der Waals surface area contributed by atoms with Crippen LogP contribution in [-0.4, -0.2) is 35.8 Å². The molecule has 1 aliphatic rings. The summed E-state index contributed by atoms with van der Waals surface area (Å²) in [4.78, 5) is 14.7. The van der Waals surface area contributed by atoms with Crippen LogP contribution in [0.5, 0.6) is 5.75 Å². The molecule has 1 aromatic heterocycles. The molecule has 1 N–H and O–H groups in total. The van der Waals surface area contributed by atoms with Crippen molar-refractivity contribution in [2.75, 3.05) is 29.9 Å². The molecule has 1 amide bonds. The number of amides is 1. The number of aromatic nitrogens is 2. The molecule has 166 valence electrons. The first-order valence-corrected chi connectivity index (χ1v) is 11.2. The van der Waals surface area contributed by atoms with Crippen molar-refractivity contribution in [2.45, 2.75) is 39.5 Å². The van der Waals surface area contributed by atoms with Gasteiger partial charge in [0.25, 0.3) is 5.91 Å². The Morgan fingerprint density at radius 1 is 1.03 bits per heavy atom. The maximum Gasteiger partial charge on any atom is 0.262 e. The predicted molar refractivity (Wildman–Crippen MR) is 128 cm³/mol. The normalized spacial score (nSPS) is 13.4.